The van der Waals surface area contributed by atoms with Crippen LogP contribution in [0.2, 0.25) is 0 Å². The second-order valence-electron chi connectivity index (χ2n) is 3.87. The molecule has 0 saturated carbocycles. The van der Waals surface area contributed by atoms with E-state index >= 15 is 0 Å². The average molecular weight is 285 g/mol. The molecule has 0 spiro atoms. The Kier molecular flexibility index (Phi) is 5.52. The van der Waals surface area contributed by atoms with Crippen molar-refractivity contribution in [3.8, 4) is 5.88 Å². The maximum absolute atomic E-state index is 12.3. The highest BCUT2D eigenvalue weighted by Crippen LogP contribution is 2.29. The largest absolute Gasteiger partial charge is 0.444 e. The molecule has 0 aliphatic carbocycles. The maximum Gasteiger partial charge on any atom is 0.417 e. The summed E-state index contributed by atoms with van der Waals surface area (Å²) < 4.78 is 42.3. The lowest BCUT2D eigenvalue weighted by Gasteiger charge is -2.07. The number of alkyl halides is 3. The van der Waals surface area contributed by atoms with Crippen LogP contribution in [0, 0.1) is 0 Å². The highest BCUT2D eigenvalue weighted by atomic mass is 19.4. The minimum absolute atomic E-state index is 0.0595. The molecule has 0 aromatic carbocycles. The van der Waals surface area contributed by atoms with E-state index in [2.05, 4.69) is 11.6 Å². The minimum Gasteiger partial charge on any atom is -0.444 e. The molecule has 3 nitrogen and oxygen atoms in total. The molecule has 0 unspecified atom stereocenters. The van der Waals surface area contributed by atoms with Gasteiger partial charge in [-0.3, -0.25) is 0 Å². The van der Waals surface area contributed by atoms with Gasteiger partial charge in [-0.05, 0) is 24.6 Å². The summed E-state index contributed by atoms with van der Waals surface area (Å²) in [5.74, 6) is 0.481. The number of hydrogen-bond donors (Lipinski definition) is 1. The van der Waals surface area contributed by atoms with Gasteiger partial charge < -0.3 is 9.84 Å². The molecule has 1 aromatic rings. The van der Waals surface area contributed by atoms with Crippen LogP contribution in [-0.4, -0.2) is 16.7 Å². The van der Waals surface area contributed by atoms with E-state index in [9.17, 15) is 13.2 Å². The third kappa shape index (κ3) is 4.89. The van der Waals surface area contributed by atoms with Crippen molar-refractivity contribution < 1.29 is 23.0 Å². The van der Waals surface area contributed by atoms with Gasteiger partial charge in [0.1, 0.15) is 5.76 Å². The van der Waals surface area contributed by atoms with E-state index in [1.54, 1.807) is 19.1 Å². The molecule has 1 heterocycles. The fraction of sp³-hybridized carbons (Fsp3) is 0.214. The summed E-state index contributed by atoms with van der Waals surface area (Å²) in [6.45, 7) is 4.97. The summed E-state index contributed by atoms with van der Waals surface area (Å²) >= 11 is 0. The number of hydrogen-bond acceptors (Lipinski definition) is 3. The topological polar surface area (TPSA) is 42.4 Å². The van der Waals surface area contributed by atoms with E-state index in [1.165, 1.54) is 6.08 Å². The molecule has 1 N–H and O–H groups in total. The maximum atomic E-state index is 12.3. The zero-order valence-electron chi connectivity index (χ0n) is 10.8. The lowest BCUT2D eigenvalue weighted by Crippen LogP contribution is -2.05. The van der Waals surface area contributed by atoms with Gasteiger partial charge in [0.15, 0.2) is 0 Å². The van der Waals surface area contributed by atoms with Crippen LogP contribution < -0.4 is 4.74 Å². The first-order chi connectivity index (χ1) is 9.36. The fourth-order valence-corrected chi connectivity index (χ4v) is 1.22. The molecule has 6 heteroatoms. The van der Waals surface area contributed by atoms with E-state index in [1.807, 2.05) is 0 Å². The van der Waals surface area contributed by atoms with Crippen molar-refractivity contribution in [3.63, 3.8) is 0 Å². The quantitative estimate of drug-likeness (QED) is 0.665. The number of aliphatic hydroxyl groups excluding tert-OH is 1. The number of rotatable bonds is 5. The van der Waals surface area contributed by atoms with Crippen molar-refractivity contribution in [1.82, 2.24) is 4.98 Å². The van der Waals surface area contributed by atoms with Crippen LogP contribution >= 0.6 is 0 Å². The molecular formula is C14H14F3NO2. The van der Waals surface area contributed by atoms with Crippen molar-refractivity contribution in [2.24, 2.45) is 0 Å². The number of aromatic nitrogens is 1. The number of halogens is 3. The number of nitrogens with zero attached hydrogens (tertiary/aromatic N) is 1. The first kappa shape index (κ1) is 16.0. The summed E-state index contributed by atoms with van der Waals surface area (Å²) in [5, 5.41) is 8.91. The van der Waals surface area contributed by atoms with Crippen LogP contribution in [-0.2, 0) is 6.18 Å². The Hall–Kier alpha value is -2.08. The average Bonchev–Trinajstić information content (AvgIpc) is 2.39. The van der Waals surface area contributed by atoms with Crippen molar-refractivity contribution in [1.29, 1.82) is 0 Å². The van der Waals surface area contributed by atoms with Gasteiger partial charge in [-0.15, -0.1) is 0 Å². The molecule has 0 amide bonds. The minimum atomic E-state index is -4.42. The molecule has 20 heavy (non-hydrogen) atoms. The Morgan fingerprint density at radius 3 is 2.55 bits per heavy atom. The Bertz CT molecular complexity index is 516. The van der Waals surface area contributed by atoms with E-state index in [0.717, 1.165) is 12.1 Å². The lowest BCUT2D eigenvalue weighted by molar-refractivity contribution is -0.137. The molecule has 1 rings (SSSR count). The van der Waals surface area contributed by atoms with Crippen LogP contribution in [0.1, 0.15) is 12.5 Å². The summed E-state index contributed by atoms with van der Waals surface area (Å²) in [7, 11) is 0. The number of pyridine rings is 1. The summed E-state index contributed by atoms with van der Waals surface area (Å²) in [5.41, 5.74) is -0.242. The summed E-state index contributed by atoms with van der Waals surface area (Å²) in [6.07, 6.45) is 0.930. The van der Waals surface area contributed by atoms with E-state index < -0.39 is 11.7 Å². The van der Waals surface area contributed by atoms with Crippen molar-refractivity contribution >= 4 is 0 Å². The van der Waals surface area contributed by atoms with E-state index in [4.69, 9.17) is 9.84 Å². The van der Waals surface area contributed by atoms with Crippen LogP contribution in [0.25, 0.3) is 0 Å². The third-order valence-corrected chi connectivity index (χ3v) is 2.31. The van der Waals surface area contributed by atoms with Gasteiger partial charge in [-0.1, -0.05) is 18.7 Å². The molecular weight excluding hydrogens is 271 g/mol. The molecule has 0 fully saturated rings. The monoisotopic (exact) mass is 285 g/mol. The van der Waals surface area contributed by atoms with Gasteiger partial charge in [0.05, 0.1) is 12.2 Å². The van der Waals surface area contributed by atoms with Crippen LogP contribution in [0.3, 0.4) is 0 Å². The molecule has 0 bridgehead atoms. The van der Waals surface area contributed by atoms with Gasteiger partial charge >= 0.3 is 6.18 Å². The van der Waals surface area contributed by atoms with E-state index in [0.29, 0.717) is 17.5 Å². The predicted molar refractivity (Wildman–Crippen MR) is 69.0 cm³/mol. The Labute approximate surface area is 114 Å². The van der Waals surface area contributed by atoms with Crippen LogP contribution in [0.15, 0.2) is 54.5 Å². The van der Waals surface area contributed by atoms with Gasteiger partial charge in [-0.25, -0.2) is 4.98 Å². The molecule has 0 atom stereocenters. The van der Waals surface area contributed by atoms with Gasteiger partial charge in [-0.2, -0.15) is 13.2 Å². The lowest BCUT2D eigenvalue weighted by atomic mass is 10.2. The van der Waals surface area contributed by atoms with Crippen LogP contribution in [0.4, 0.5) is 13.2 Å². The molecule has 0 saturated heterocycles. The molecule has 108 valence electrons. The second-order valence-corrected chi connectivity index (χ2v) is 3.87. The molecule has 0 aliphatic heterocycles. The molecule has 1 aromatic heterocycles. The number of allylic oxidation sites excluding steroid dienone is 3. The normalized spacial score (nSPS) is 13.2. The molecule has 0 aliphatic rings. The number of aliphatic hydroxyl groups is 1. The highest BCUT2D eigenvalue weighted by molar-refractivity contribution is 5.25. The SMILES string of the molecule is C=C/C(=C\C=C(/C)Oc1ccc(C(F)(F)F)cn1)CO. The Morgan fingerprint density at radius 2 is 2.10 bits per heavy atom. The zero-order chi connectivity index (χ0) is 15.2. The predicted octanol–water partition coefficient (Wildman–Crippen LogP) is 3.49. The second kappa shape index (κ2) is 6.91. The summed E-state index contributed by atoms with van der Waals surface area (Å²) in [4.78, 5) is 3.58. The van der Waals surface area contributed by atoms with Gasteiger partial charge in [0.25, 0.3) is 0 Å². The third-order valence-electron chi connectivity index (χ3n) is 2.31. The highest BCUT2D eigenvalue weighted by Gasteiger charge is 2.30. The van der Waals surface area contributed by atoms with Crippen molar-refractivity contribution in [2.75, 3.05) is 6.61 Å². The zero-order valence-corrected chi connectivity index (χ0v) is 10.8. The first-order valence-electron chi connectivity index (χ1n) is 5.68. The molecule has 0 radical (unpaired) electrons. The Balaban J connectivity index is 2.76. The Morgan fingerprint density at radius 1 is 1.40 bits per heavy atom. The standard InChI is InChI=1S/C14H14F3NO2/c1-3-11(9-19)5-4-10(2)20-13-7-6-12(8-18-13)14(15,16)17/h3-8,19H,1,9H2,2H3/b10-4+,11-5+. The first-order valence-corrected chi connectivity index (χ1v) is 5.68. The van der Waals surface area contributed by atoms with Crippen LogP contribution in [0.5, 0.6) is 5.88 Å². The van der Waals surface area contributed by atoms with Crippen molar-refractivity contribution in [2.45, 2.75) is 13.1 Å². The van der Waals surface area contributed by atoms with E-state index in [-0.39, 0.29) is 12.5 Å². The van der Waals surface area contributed by atoms with Gasteiger partial charge in [0.2, 0.25) is 5.88 Å². The fourth-order valence-electron chi connectivity index (χ4n) is 1.22. The van der Waals surface area contributed by atoms with Gasteiger partial charge in [0, 0.05) is 12.3 Å². The van der Waals surface area contributed by atoms with Crippen molar-refractivity contribution in [3.05, 3.63) is 60.0 Å². The number of ether oxygens (including phenoxy) is 1. The summed E-state index contributed by atoms with van der Waals surface area (Å²) in [6, 6.07) is 2.04. The smallest absolute Gasteiger partial charge is 0.417 e.